The van der Waals surface area contributed by atoms with Gasteiger partial charge in [-0.15, -0.1) is 0 Å². The van der Waals surface area contributed by atoms with E-state index in [4.69, 9.17) is 4.74 Å². The van der Waals surface area contributed by atoms with Crippen LogP contribution in [0.5, 0.6) is 5.75 Å². The minimum Gasteiger partial charge on any atom is -0.497 e. The largest absolute Gasteiger partial charge is 0.497 e. The van der Waals surface area contributed by atoms with Gasteiger partial charge in [0.25, 0.3) is 0 Å². The SMILES string of the molecule is CCNC(c1ccc(OC)cc1)C1CCCCS1(=O)=O. The molecule has 20 heavy (non-hydrogen) atoms. The van der Waals surface area contributed by atoms with Crippen molar-refractivity contribution >= 4 is 9.84 Å². The quantitative estimate of drug-likeness (QED) is 0.906. The molecule has 1 aliphatic heterocycles. The molecule has 1 N–H and O–H groups in total. The van der Waals surface area contributed by atoms with Crippen molar-refractivity contribution in [2.24, 2.45) is 0 Å². The Morgan fingerprint density at radius 1 is 1.30 bits per heavy atom. The number of hydrogen-bond donors (Lipinski definition) is 1. The van der Waals surface area contributed by atoms with E-state index in [-0.39, 0.29) is 11.3 Å². The van der Waals surface area contributed by atoms with E-state index in [1.54, 1.807) is 7.11 Å². The van der Waals surface area contributed by atoms with Crippen molar-refractivity contribution in [2.75, 3.05) is 19.4 Å². The van der Waals surface area contributed by atoms with Crippen molar-refractivity contribution in [2.45, 2.75) is 37.5 Å². The Labute approximate surface area is 121 Å². The average Bonchev–Trinajstić information content (AvgIpc) is 2.45. The monoisotopic (exact) mass is 297 g/mol. The van der Waals surface area contributed by atoms with E-state index in [0.29, 0.717) is 5.75 Å². The molecule has 5 heteroatoms. The molecule has 2 unspecified atom stereocenters. The van der Waals surface area contributed by atoms with Gasteiger partial charge in [0.1, 0.15) is 5.75 Å². The summed E-state index contributed by atoms with van der Waals surface area (Å²) in [4.78, 5) is 0. The Morgan fingerprint density at radius 2 is 2.00 bits per heavy atom. The van der Waals surface area contributed by atoms with Crippen molar-refractivity contribution in [3.63, 3.8) is 0 Å². The minimum atomic E-state index is -3.00. The van der Waals surface area contributed by atoms with Crippen molar-refractivity contribution in [1.82, 2.24) is 5.32 Å². The summed E-state index contributed by atoms with van der Waals surface area (Å²) in [6.45, 7) is 2.76. The third kappa shape index (κ3) is 3.33. The van der Waals surface area contributed by atoms with E-state index < -0.39 is 9.84 Å². The molecule has 0 aliphatic carbocycles. The van der Waals surface area contributed by atoms with Crippen molar-refractivity contribution in [1.29, 1.82) is 0 Å². The molecule has 0 bridgehead atoms. The number of sulfone groups is 1. The van der Waals surface area contributed by atoms with Crippen molar-refractivity contribution < 1.29 is 13.2 Å². The highest BCUT2D eigenvalue weighted by molar-refractivity contribution is 7.92. The molecule has 4 nitrogen and oxygen atoms in total. The molecule has 1 fully saturated rings. The summed E-state index contributed by atoms with van der Waals surface area (Å²) in [7, 11) is -1.38. The van der Waals surface area contributed by atoms with Gasteiger partial charge in [-0.25, -0.2) is 8.42 Å². The third-order valence-electron chi connectivity index (χ3n) is 3.90. The van der Waals surface area contributed by atoms with Crippen LogP contribution in [-0.2, 0) is 9.84 Å². The highest BCUT2D eigenvalue weighted by Gasteiger charge is 2.35. The predicted octanol–water partition coefficient (Wildman–Crippen LogP) is 2.31. The van der Waals surface area contributed by atoms with Crippen LogP contribution in [0.1, 0.15) is 37.8 Å². The highest BCUT2D eigenvalue weighted by Crippen LogP contribution is 2.31. The Morgan fingerprint density at radius 3 is 2.55 bits per heavy atom. The molecule has 1 aliphatic rings. The summed E-state index contributed by atoms with van der Waals surface area (Å²) in [5, 5.41) is 3.03. The first-order chi connectivity index (χ1) is 9.58. The molecular weight excluding hydrogens is 274 g/mol. The molecule has 0 amide bonds. The highest BCUT2D eigenvalue weighted by atomic mass is 32.2. The topological polar surface area (TPSA) is 55.4 Å². The Bertz CT molecular complexity index is 525. The van der Waals surface area contributed by atoms with E-state index in [9.17, 15) is 8.42 Å². The van der Waals surface area contributed by atoms with Crippen LogP contribution in [0.2, 0.25) is 0 Å². The van der Waals surface area contributed by atoms with E-state index in [1.165, 1.54) is 0 Å². The van der Waals surface area contributed by atoms with Crippen LogP contribution in [0.25, 0.3) is 0 Å². The van der Waals surface area contributed by atoms with Gasteiger partial charge in [0.15, 0.2) is 9.84 Å². The molecule has 0 saturated carbocycles. The van der Waals surface area contributed by atoms with Crippen molar-refractivity contribution in [3.05, 3.63) is 29.8 Å². The molecular formula is C15H23NO3S. The predicted molar refractivity (Wildman–Crippen MR) is 80.8 cm³/mol. The van der Waals surface area contributed by atoms with Gasteiger partial charge in [0, 0.05) is 6.04 Å². The Kier molecular flexibility index (Phi) is 5.05. The van der Waals surface area contributed by atoms with Gasteiger partial charge in [-0.2, -0.15) is 0 Å². The van der Waals surface area contributed by atoms with E-state index >= 15 is 0 Å². The van der Waals surface area contributed by atoms with Gasteiger partial charge in [-0.3, -0.25) is 0 Å². The van der Waals surface area contributed by atoms with E-state index in [0.717, 1.165) is 37.1 Å². The summed E-state index contributed by atoms with van der Waals surface area (Å²) < 4.78 is 29.8. The van der Waals surface area contributed by atoms with Crippen molar-refractivity contribution in [3.8, 4) is 5.75 Å². The minimum absolute atomic E-state index is 0.129. The number of hydrogen-bond acceptors (Lipinski definition) is 4. The summed E-state index contributed by atoms with van der Waals surface area (Å²) in [5.74, 6) is 1.10. The molecule has 0 aromatic heterocycles. The average molecular weight is 297 g/mol. The third-order valence-corrected chi connectivity index (χ3v) is 6.19. The van der Waals surface area contributed by atoms with Crippen LogP contribution in [0.4, 0.5) is 0 Å². The molecule has 1 aromatic carbocycles. The number of ether oxygens (including phenoxy) is 1. The molecule has 1 aromatic rings. The fraction of sp³-hybridized carbons (Fsp3) is 0.600. The molecule has 1 heterocycles. The molecule has 0 radical (unpaired) electrons. The smallest absolute Gasteiger partial charge is 0.155 e. The number of methoxy groups -OCH3 is 1. The summed E-state index contributed by atoms with van der Waals surface area (Å²) in [5.41, 5.74) is 1.02. The number of rotatable bonds is 5. The summed E-state index contributed by atoms with van der Waals surface area (Å²) in [6.07, 6.45) is 2.52. The standard InChI is InChI=1S/C15H23NO3S/c1-3-16-15(12-7-9-13(19-2)10-8-12)14-6-4-5-11-20(14,17)18/h7-10,14-16H,3-6,11H2,1-2H3. The van der Waals surface area contributed by atoms with Gasteiger partial charge < -0.3 is 10.1 Å². The second-order valence-corrected chi connectivity index (χ2v) is 7.55. The first-order valence-electron chi connectivity index (χ1n) is 7.17. The van der Waals surface area contributed by atoms with Gasteiger partial charge in [0.2, 0.25) is 0 Å². The maximum absolute atomic E-state index is 12.3. The zero-order valence-electron chi connectivity index (χ0n) is 12.1. The summed E-state index contributed by atoms with van der Waals surface area (Å²) in [6, 6.07) is 7.55. The molecule has 2 rings (SSSR count). The first kappa shape index (κ1) is 15.3. The number of nitrogens with one attached hydrogen (secondary N) is 1. The molecule has 2 atom stereocenters. The lowest BCUT2D eigenvalue weighted by Gasteiger charge is -2.31. The maximum atomic E-state index is 12.3. The van der Waals surface area contributed by atoms with Crippen LogP contribution >= 0.6 is 0 Å². The lowest BCUT2D eigenvalue weighted by molar-refractivity contribution is 0.413. The Balaban J connectivity index is 2.29. The van der Waals surface area contributed by atoms with Gasteiger partial charge in [-0.1, -0.05) is 25.5 Å². The van der Waals surface area contributed by atoms with Crippen LogP contribution in [0.3, 0.4) is 0 Å². The van der Waals surface area contributed by atoms with E-state index in [2.05, 4.69) is 5.32 Å². The van der Waals surface area contributed by atoms with E-state index in [1.807, 2.05) is 31.2 Å². The zero-order chi connectivity index (χ0) is 14.6. The normalized spacial score (nSPS) is 23.2. The van der Waals surface area contributed by atoms with Crippen LogP contribution in [-0.4, -0.2) is 33.1 Å². The lowest BCUT2D eigenvalue weighted by atomic mass is 9.99. The second kappa shape index (κ2) is 6.59. The van der Waals surface area contributed by atoms with Gasteiger partial charge in [0.05, 0.1) is 18.1 Å². The zero-order valence-corrected chi connectivity index (χ0v) is 12.9. The molecule has 0 spiro atoms. The maximum Gasteiger partial charge on any atom is 0.155 e. The molecule has 1 saturated heterocycles. The van der Waals surface area contributed by atoms with Crippen LogP contribution in [0, 0.1) is 0 Å². The lowest BCUT2D eigenvalue weighted by Crippen LogP contribution is -2.40. The van der Waals surface area contributed by atoms with Gasteiger partial charge >= 0.3 is 0 Å². The second-order valence-electron chi connectivity index (χ2n) is 5.21. The van der Waals surface area contributed by atoms with Crippen LogP contribution in [0.15, 0.2) is 24.3 Å². The first-order valence-corrected chi connectivity index (χ1v) is 8.89. The number of benzene rings is 1. The fourth-order valence-electron chi connectivity index (χ4n) is 2.85. The van der Waals surface area contributed by atoms with Gasteiger partial charge in [-0.05, 0) is 37.1 Å². The fourth-order valence-corrected chi connectivity index (χ4v) is 4.95. The Hall–Kier alpha value is -1.07. The summed E-state index contributed by atoms with van der Waals surface area (Å²) >= 11 is 0. The molecule has 112 valence electrons. The van der Waals surface area contributed by atoms with Crippen LogP contribution < -0.4 is 10.1 Å².